The van der Waals surface area contributed by atoms with Gasteiger partial charge in [-0.05, 0) is 80.2 Å². The lowest BCUT2D eigenvalue weighted by Crippen LogP contribution is -2.29. The van der Waals surface area contributed by atoms with E-state index in [9.17, 15) is 15.2 Å². The number of nitrogens with zero attached hydrogens (tertiary/aromatic N) is 4. The standard InChI is InChI=1S/C27H25N5O4S/c1-16-14-21(17(2)30(16)23-12-9-19(32(34)35)15-24(23)36-3)26-25(22-6-4-5-13-28-22)29-27(37)31(26)18-7-10-20(33)11-8-18/h4-15,25-26,33H,1-3H3,(H,29,37)/t25-,26+/m1/s1. The van der Waals surface area contributed by atoms with Gasteiger partial charge in [0.15, 0.2) is 5.11 Å². The number of non-ortho nitro benzene ring substituents is 1. The molecule has 4 aromatic rings. The number of aromatic nitrogens is 2. The van der Waals surface area contributed by atoms with Crippen LogP contribution in [-0.2, 0) is 0 Å². The Balaban J connectivity index is 1.68. The smallest absolute Gasteiger partial charge is 0.273 e. The third-order valence-electron chi connectivity index (χ3n) is 6.63. The van der Waals surface area contributed by atoms with Gasteiger partial charge < -0.3 is 24.6 Å². The van der Waals surface area contributed by atoms with Crippen LogP contribution in [0.1, 0.15) is 34.7 Å². The monoisotopic (exact) mass is 515 g/mol. The van der Waals surface area contributed by atoms with E-state index in [2.05, 4.69) is 16.4 Å². The Morgan fingerprint density at radius 3 is 2.51 bits per heavy atom. The van der Waals surface area contributed by atoms with Crippen molar-refractivity contribution in [3.05, 3.63) is 106 Å². The van der Waals surface area contributed by atoms with E-state index in [1.165, 1.54) is 19.2 Å². The first-order valence-electron chi connectivity index (χ1n) is 11.6. The molecule has 3 heterocycles. The summed E-state index contributed by atoms with van der Waals surface area (Å²) < 4.78 is 7.57. The van der Waals surface area contributed by atoms with Crippen LogP contribution in [0.25, 0.3) is 5.69 Å². The van der Waals surface area contributed by atoms with E-state index in [0.717, 1.165) is 28.3 Å². The molecule has 0 spiro atoms. The fraction of sp³-hybridized carbons (Fsp3) is 0.185. The highest BCUT2D eigenvalue weighted by atomic mass is 32.1. The van der Waals surface area contributed by atoms with Crippen LogP contribution in [0.3, 0.4) is 0 Å². The molecule has 1 aliphatic rings. The van der Waals surface area contributed by atoms with E-state index >= 15 is 0 Å². The summed E-state index contributed by atoms with van der Waals surface area (Å²) in [6, 6.07) is 18.9. The highest BCUT2D eigenvalue weighted by molar-refractivity contribution is 7.80. The molecule has 1 fully saturated rings. The molecule has 0 amide bonds. The van der Waals surface area contributed by atoms with E-state index in [0.29, 0.717) is 16.5 Å². The largest absolute Gasteiger partial charge is 0.508 e. The first kappa shape index (κ1) is 24.3. The van der Waals surface area contributed by atoms with Crippen LogP contribution in [0, 0.1) is 24.0 Å². The van der Waals surface area contributed by atoms with E-state index < -0.39 is 4.92 Å². The SMILES string of the molecule is COc1cc([N+](=O)[O-])ccc1-n1c(C)cc([C@H]2[C@@H](c3ccccn3)NC(=S)N2c2ccc(O)cc2)c1C. The lowest BCUT2D eigenvalue weighted by molar-refractivity contribution is -0.384. The number of benzene rings is 2. The van der Waals surface area contributed by atoms with Crippen LogP contribution in [0.15, 0.2) is 72.9 Å². The number of rotatable bonds is 6. The Morgan fingerprint density at radius 2 is 1.86 bits per heavy atom. The quantitative estimate of drug-likeness (QED) is 0.203. The molecule has 2 aromatic heterocycles. The number of phenolic OH excluding ortho intramolecular Hbond substituents is 1. The van der Waals surface area contributed by atoms with Gasteiger partial charge in [-0.15, -0.1) is 0 Å². The minimum absolute atomic E-state index is 0.0395. The second-order valence-corrected chi connectivity index (χ2v) is 9.17. The number of nitro groups is 1. The number of nitro benzene ring substituents is 1. The van der Waals surface area contributed by atoms with Gasteiger partial charge >= 0.3 is 0 Å². The molecule has 9 nitrogen and oxygen atoms in total. The van der Waals surface area contributed by atoms with Crippen LogP contribution in [0.2, 0.25) is 0 Å². The van der Waals surface area contributed by atoms with Crippen molar-refractivity contribution in [2.75, 3.05) is 12.0 Å². The first-order valence-corrected chi connectivity index (χ1v) is 12.0. The molecule has 10 heteroatoms. The van der Waals surface area contributed by atoms with Crippen LogP contribution in [0.5, 0.6) is 11.5 Å². The number of hydrogen-bond acceptors (Lipinski definition) is 6. The number of aromatic hydroxyl groups is 1. The molecule has 0 unspecified atom stereocenters. The molecule has 0 aliphatic carbocycles. The zero-order valence-electron chi connectivity index (χ0n) is 20.5. The molecule has 188 valence electrons. The number of phenols is 1. The normalized spacial score (nSPS) is 17.1. The van der Waals surface area contributed by atoms with Gasteiger partial charge in [0.25, 0.3) is 5.69 Å². The minimum atomic E-state index is -0.439. The van der Waals surface area contributed by atoms with Gasteiger partial charge in [0.05, 0.1) is 41.6 Å². The van der Waals surface area contributed by atoms with Gasteiger partial charge in [-0.25, -0.2) is 0 Å². The molecule has 5 rings (SSSR count). The third-order valence-corrected chi connectivity index (χ3v) is 6.94. The molecule has 37 heavy (non-hydrogen) atoms. The number of thiocarbonyl (C=S) groups is 1. The summed E-state index contributed by atoms with van der Waals surface area (Å²) in [4.78, 5) is 17.5. The molecule has 2 aromatic carbocycles. The number of ether oxygens (including phenoxy) is 1. The molecule has 0 bridgehead atoms. The molecule has 2 atom stereocenters. The van der Waals surface area contributed by atoms with Crippen molar-refractivity contribution in [3.8, 4) is 17.2 Å². The number of aryl methyl sites for hydroxylation is 1. The summed E-state index contributed by atoms with van der Waals surface area (Å²) in [5, 5.41) is 25.2. The Labute approximate surface area is 219 Å². The van der Waals surface area contributed by atoms with E-state index in [1.54, 1.807) is 24.4 Å². The summed E-state index contributed by atoms with van der Waals surface area (Å²) in [6.07, 6.45) is 1.76. The number of nitrogens with one attached hydrogen (secondary N) is 1. The minimum Gasteiger partial charge on any atom is -0.508 e. The Hall–Kier alpha value is -4.44. The molecule has 0 radical (unpaired) electrons. The Morgan fingerprint density at radius 1 is 1.11 bits per heavy atom. The van der Waals surface area contributed by atoms with Crippen molar-refractivity contribution >= 4 is 28.7 Å². The topological polar surface area (TPSA) is 106 Å². The average molecular weight is 516 g/mol. The Bertz CT molecular complexity index is 1490. The van der Waals surface area contributed by atoms with Crippen LogP contribution < -0.4 is 15.0 Å². The highest BCUT2D eigenvalue weighted by Gasteiger charge is 2.42. The summed E-state index contributed by atoms with van der Waals surface area (Å²) in [6.45, 7) is 3.99. The van der Waals surface area contributed by atoms with Gasteiger partial charge in [0, 0.05) is 29.3 Å². The number of methoxy groups -OCH3 is 1. The number of hydrogen-bond donors (Lipinski definition) is 2. The van der Waals surface area contributed by atoms with Crippen molar-refractivity contribution in [2.24, 2.45) is 0 Å². The molecule has 0 saturated carbocycles. The van der Waals surface area contributed by atoms with Gasteiger partial charge in [-0.3, -0.25) is 15.1 Å². The van der Waals surface area contributed by atoms with Crippen molar-refractivity contribution in [2.45, 2.75) is 25.9 Å². The van der Waals surface area contributed by atoms with Crippen LogP contribution >= 0.6 is 12.2 Å². The molecule has 2 N–H and O–H groups in total. The number of anilines is 1. The van der Waals surface area contributed by atoms with Gasteiger partial charge in [0.2, 0.25) is 0 Å². The summed E-state index contributed by atoms with van der Waals surface area (Å²) in [5.41, 5.74) is 5.21. The van der Waals surface area contributed by atoms with Crippen LogP contribution in [-0.4, -0.2) is 31.8 Å². The van der Waals surface area contributed by atoms with Gasteiger partial charge in [-0.1, -0.05) is 6.07 Å². The van der Waals surface area contributed by atoms with Crippen LogP contribution in [0.4, 0.5) is 11.4 Å². The molecular formula is C27H25N5O4S. The van der Waals surface area contributed by atoms with Crippen molar-refractivity contribution < 1.29 is 14.8 Å². The lowest BCUT2D eigenvalue weighted by atomic mass is 9.96. The van der Waals surface area contributed by atoms with Gasteiger partial charge in [0.1, 0.15) is 11.5 Å². The van der Waals surface area contributed by atoms with E-state index in [4.69, 9.17) is 17.0 Å². The fourth-order valence-electron chi connectivity index (χ4n) is 4.98. The fourth-order valence-corrected chi connectivity index (χ4v) is 5.33. The highest BCUT2D eigenvalue weighted by Crippen LogP contribution is 2.44. The third kappa shape index (κ3) is 4.25. The second kappa shape index (κ2) is 9.55. The zero-order valence-corrected chi connectivity index (χ0v) is 21.3. The summed E-state index contributed by atoms with van der Waals surface area (Å²) in [5.74, 6) is 0.572. The van der Waals surface area contributed by atoms with E-state index in [1.807, 2.05) is 53.6 Å². The number of pyridine rings is 1. The maximum Gasteiger partial charge on any atom is 0.273 e. The summed E-state index contributed by atoms with van der Waals surface area (Å²) in [7, 11) is 1.50. The average Bonchev–Trinajstić information content (AvgIpc) is 3.39. The maximum absolute atomic E-state index is 11.3. The predicted molar refractivity (Wildman–Crippen MR) is 144 cm³/mol. The molecular weight excluding hydrogens is 490 g/mol. The van der Waals surface area contributed by atoms with E-state index in [-0.39, 0.29) is 23.5 Å². The lowest BCUT2D eigenvalue weighted by Gasteiger charge is -2.28. The summed E-state index contributed by atoms with van der Waals surface area (Å²) >= 11 is 5.80. The van der Waals surface area contributed by atoms with Crippen molar-refractivity contribution in [1.29, 1.82) is 0 Å². The second-order valence-electron chi connectivity index (χ2n) is 8.79. The molecule has 1 aliphatic heterocycles. The predicted octanol–water partition coefficient (Wildman–Crippen LogP) is 5.29. The first-order chi connectivity index (χ1) is 17.8. The van der Waals surface area contributed by atoms with Crippen molar-refractivity contribution in [3.63, 3.8) is 0 Å². The van der Waals surface area contributed by atoms with Crippen molar-refractivity contribution in [1.82, 2.24) is 14.9 Å². The molecule has 1 saturated heterocycles. The van der Waals surface area contributed by atoms with Gasteiger partial charge in [-0.2, -0.15) is 0 Å². The Kier molecular flexibility index (Phi) is 6.26. The maximum atomic E-state index is 11.3. The zero-order chi connectivity index (χ0) is 26.3.